The molecular weight excluding hydrogens is 324 g/mol. The number of benzene rings is 2. The van der Waals surface area contributed by atoms with Crippen LogP contribution in [0.4, 0.5) is 0 Å². The van der Waals surface area contributed by atoms with E-state index < -0.39 is 0 Å². The highest BCUT2D eigenvalue weighted by atomic mass is 16.5. The minimum Gasteiger partial charge on any atom is -0.493 e. The number of ether oxygens (including phenoxy) is 1. The van der Waals surface area contributed by atoms with Crippen LogP contribution in [0.2, 0.25) is 0 Å². The van der Waals surface area contributed by atoms with Crippen molar-refractivity contribution < 1.29 is 9.15 Å². The molecule has 0 atom stereocenters. The second-order valence-electron chi connectivity index (χ2n) is 6.29. The first-order chi connectivity index (χ1) is 12.7. The lowest BCUT2D eigenvalue weighted by Gasteiger charge is -2.09. The molecule has 134 valence electrons. The molecule has 0 amide bonds. The summed E-state index contributed by atoms with van der Waals surface area (Å²) in [7, 11) is 0. The fraction of sp³-hybridized carbons (Fsp3) is 0.261. The van der Waals surface area contributed by atoms with Crippen LogP contribution in [0.1, 0.15) is 31.7 Å². The Labute approximate surface area is 153 Å². The molecule has 0 fully saturated rings. The molecule has 0 bridgehead atoms. The smallest absolute Gasteiger partial charge is 0.344 e. The van der Waals surface area contributed by atoms with E-state index in [0.29, 0.717) is 17.8 Å². The Morgan fingerprint density at radius 2 is 1.92 bits per heavy atom. The molecule has 0 spiro atoms. The second kappa shape index (κ2) is 8.52. The Morgan fingerprint density at radius 3 is 2.73 bits per heavy atom. The summed E-state index contributed by atoms with van der Waals surface area (Å²) in [5, 5.41) is 0.893. The summed E-state index contributed by atoms with van der Waals surface area (Å²) >= 11 is 0. The minimum absolute atomic E-state index is 0.318. The van der Waals surface area contributed by atoms with Gasteiger partial charge in [-0.3, -0.25) is 0 Å². The fourth-order valence-corrected chi connectivity index (χ4v) is 3.04. The van der Waals surface area contributed by atoms with E-state index in [0.717, 1.165) is 47.9 Å². The Morgan fingerprint density at radius 1 is 1.08 bits per heavy atom. The summed E-state index contributed by atoms with van der Waals surface area (Å²) in [4.78, 5) is 12.5. The van der Waals surface area contributed by atoms with Gasteiger partial charge in [0.05, 0.1) is 12.2 Å². The summed E-state index contributed by atoms with van der Waals surface area (Å²) in [6, 6.07) is 15.5. The SMILES string of the molecule is C=CCCCCOc1ccc2cc(-c3ccccc3CC)c(=O)oc2c1. The molecule has 3 heteroatoms. The number of rotatable bonds is 8. The Bertz CT molecular complexity index is 953. The quantitative estimate of drug-likeness (QED) is 0.295. The molecule has 3 nitrogen and oxygen atoms in total. The molecule has 1 aromatic heterocycles. The van der Waals surface area contributed by atoms with Crippen molar-refractivity contribution >= 4 is 11.0 Å². The maximum absolute atomic E-state index is 12.5. The summed E-state index contributed by atoms with van der Waals surface area (Å²) in [6.07, 6.45) is 5.82. The van der Waals surface area contributed by atoms with Crippen LogP contribution in [0, 0.1) is 0 Å². The van der Waals surface area contributed by atoms with Crippen molar-refractivity contribution in [2.24, 2.45) is 0 Å². The lowest BCUT2D eigenvalue weighted by Crippen LogP contribution is -2.04. The normalized spacial score (nSPS) is 10.8. The van der Waals surface area contributed by atoms with Gasteiger partial charge in [0.15, 0.2) is 0 Å². The Balaban J connectivity index is 1.87. The topological polar surface area (TPSA) is 39.4 Å². The van der Waals surface area contributed by atoms with Crippen LogP contribution in [-0.2, 0) is 6.42 Å². The number of hydrogen-bond donors (Lipinski definition) is 0. The van der Waals surface area contributed by atoms with Crippen molar-refractivity contribution in [2.45, 2.75) is 32.6 Å². The monoisotopic (exact) mass is 348 g/mol. The molecule has 0 N–H and O–H groups in total. The third kappa shape index (κ3) is 4.05. The van der Waals surface area contributed by atoms with Crippen LogP contribution in [0.5, 0.6) is 5.75 Å². The maximum Gasteiger partial charge on any atom is 0.344 e. The van der Waals surface area contributed by atoms with Crippen LogP contribution in [0.3, 0.4) is 0 Å². The number of fused-ring (bicyclic) bond motifs is 1. The van der Waals surface area contributed by atoms with Gasteiger partial charge < -0.3 is 9.15 Å². The third-order valence-corrected chi connectivity index (χ3v) is 4.47. The first kappa shape index (κ1) is 18.0. The van der Waals surface area contributed by atoms with Gasteiger partial charge in [0.1, 0.15) is 11.3 Å². The minimum atomic E-state index is -0.318. The van der Waals surface area contributed by atoms with E-state index in [1.165, 1.54) is 0 Å². The first-order valence-corrected chi connectivity index (χ1v) is 9.13. The van der Waals surface area contributed by atoms with Crippen molar-refractivity contribution in [3.05, 3.63) is 77.2 Å². The lowest BCUT2D eigenvalue weighted by atomic mass is 9.99. The molecule has 0 aliphatic heterocycles. The molecule has 3 rings (SSSR count). The van der Waals surface area contributed by atoms with Gasteiger partial charge in [0.25, 0.3) is 0 Å². The highest BCUT2D eigenvalue weighted by Crippen LogP contribution is 2.26. The van der Waals surface area contributed by atoms with Crippen molar-refractivity contribution in [3.63, 3.8) is 0 Å². The van der Waals surface area contributed by atoms with E-state index in [9.17, 15) is 4.79 Å². The molecule has 0 aliphatic rings. The van der Waals surface area contributed by atoms with Crippen LogP contribution >= 0.6 is 0 Å². The van der Waals surface area contributed by atoms with Crippen LogP contribution < -0.4 is 10.4 Å². The molecule has 0 saturated carbocycles. The second-order valence-corrected chi connectivity index (χ2v) is 6.29. The number of aryl methyl sites for hydroxylation is 1. The number of hydrogen-bond acceptors (Lipinski definition) is 3. The van der Waals surface area contributed by atoms with Crippen molar-refractivity contribution in [3.8, 4) is 16.9 Å². The average Bonchev–Trinajstić information content (AvgIpc) is 2.67. The highest BCUT2D eigenvalue weighted by Gasteiger charge is 2.11. The summed E-state index contributed by atoms with van der Waals surface area (Å²) in [6.45, 7) is 6.44. The van der Waals surface area contributed by atoms with Crippen LogP contribution in [0.25, 0.3) is 22.1 Å². The van der Waals surface area contributed by atoms with Crippen molar-refractivity contribution in [1.29, 1.82) is 0 Å². The molecule has 0 unspecified atom stereocenters. The van der Waals surface area contributed by atoms with Crippen LogP contribution in [0.15, 0.2) is 70.4 Å². The zero-order chi connectivity index (χ0) is 18.4. The predicted octanol–water partition coefficient (Wildman–Crippen LogP) is 5.76. The predicted molar refractivity (Wildman–Crippen MR) is 107 cm³/mol. The van der Waals surface area contributed by atoms with Crippen molar-refractivity contribution in [2.75, 3.05) is 6.61 Å². The average molecular weight is 348 g/mol. The van der Waals surface area contributed by atoms with Gasteiger partial charge in [-0.15, -0.1) is 6.58 Å². The molecule has 1 heterocycles. The van der Waals surface area contributed by atoms with Gasteiger partial charge in [0.2, 0.25) is 0 Å². The molecular formula is C23H24O3. The molecule has 0 saturated heterocycles. The third-order valence-electron chi connectivity index (χ3n) is 4.47. The molecule has 3 aromatic rings. The molecule has 2 aromatic carbocycles. The summed E-state index contributed by atoms with van der Waals surface area (Å²) in [5.74, 6) is 0.723. The molecule has 26 heavy (non-hydrogen) atoms. The largest absolute Gasteiger partial charge is 0.493 e. The highest BCUT2D eigenvalue weighted by molar-refractivity contribution is 5.83. The number of unbranched alkanes of at least 4 members (excludes halogenated alkanes) is 2. The number of allylic oxidation sites excluding steroid dienone is 1. The van der Waals surface area contributed by atoms with Gasteiger partial charge in [-0.1, -0.05) is 37.3 Å². The van der Waals surface area contributed by atoms with Gasteiger partial charge in [-0.2, -0.15) is 0 Å². The zero-order valence-electron chi connectivity index (χ0n) is 15.2. The standard InChI is InChI=1S/C23H24O3/c1-3-5-6-9-14-25-19-13-12-18-15-21(23(24)26-22(18)16-19)20-11-8-7-10-17(20)4-2/h3,7-8,10-13,15-16H,1,4-6,9,14H2,2H3. The molecule has 0 radical (unpaired) electrons. The molecule has 0 aliphatic carbocycles. The van der Waals surface area contributed by atoms with E-state index in [-0.39, 0.29) is 5.63 Å². The van der Waals surface area contributed by atoms with Crippen LogP contribution in [-0.4, -0.2) is 6.61 Å². The fourth-order valence-electron chi connectivity index (χ4n) is 3.04. The van der Waals surface area contributed by atoms with E-state index in [2.05, 4.69) is 13.5 Å². The van der Waals surface area contributed by atoms with E-state index >= 15 is 0 Å². The van der Waals surface area contributed by atoms with Gasteiger partial charge in [-0.25, -0.2) is 4.79 Å². The zero-order valence-corrected chi connectivity index (χ0v) is 15.2. The Kier molecular flexibility index (Phi) is 5.90. The van der Waals surface area contributed by atoms with Gasteiger partial charge in [-0.05, 0) is 55.0 Å². The summed E-state index contributed by atoms with van der Waals surface area (Å²) < 4.78 is 11.3. The van der Waals surface area contributed by atoms with E-state index in [1.807, 2.05) is 48.5 Å². The van der Waals surface area contributed by atoms with Gasteiger partial charge >= 0.3 is 5.63 Å². The van der Waals surface area contributed by atoms with E-state index in [4.69, 9.17) is 9.15 Å². The summed E-state index contributed by atoms with van der Waals surface area (Å²) in [5.41, 5.74) is 2.91. The Hall–Kier alpha value is -2.81. The van der Waals surface area contributed by atoms with E-state index in [1.54, 1.807) is 6.07 Å². The van der Waals surface area contributed by atoms with Crippen molar-refractivity contribution in [1.82, 2.24) is 0 Å². The van der Waals surface area contributed by atoms with Gasteiger partial charge in [0, 0.05) is 11.5 Å². The lowest BCUT2D eigenvalue weighted by molar-refractivity contribution is 0.307. The first-order valence-electron chi connectivity index (χ1n) is 9.13. The maximum atomic E-state index is 12.5.